The molecule has 1 aromatic rings. The number of nitrogens with zero attached hydrogens (tertiary/aromatic N) is 6. The van der Waals surface area contributed by atoms with E-state index in [4.69, 9.17) is 4.99 Å². The number of likely N-dealkylation sites (tertiary alicyclic amines) is 1. The van der Waals surface area contributed by atoms with Crippen LogP contribution in [0.5, 0.6) is 0 Å². The molecule has 2 aliphatic rings. The summed E-state index contributed by atoms with van der Waals surface area (Å²) in [5.74, 6) is 3.57. The highest BCUT2D eigenvalue weighted by Crippen LogP contribution is 2.21. The average molecular weight is 402 g/mol. The van der Waals surface area contributed by atoms with Crippen molar-refractivity contribution in [2.24, 2.45) is 16.8 Å². The third kappa shape index (κ3) is 6.84. The molecule has 0 bridgehead atoms. The van der Waals surface area contributed by atoms with Crippen LogP contribution in [0, 0.1) is 11.8 Å². The second kappa shape index (κ2) is 11.3. The van der Waals surface area contributed by atoms with Gasteiger partial charge in [-0.2, -0.15) is 0 Å². The van der Waals surface area contributed by atoms with E-state index < -0.39 is 0 Å². The molecule has 2 saturated heterocycles. The van der Waals surface area contributed by atoms with Gasteiger partial charge >= 0.3 is 0 Å². The fraction of sp³-hybridized carbons (Fsp3) is 0.773. The number of nitrogens with one attached hydrogen (secondary N) is 1. The lowest BCUT2D eigenvalue weighted by molar-refractivity contribution is 0.139. The molecule has 0 aliphatic carbocycles. The molecule has 2 aliphatic heterocycles. The predicted octanol–water partition coefficient (Wildman–Crippen LogP) is 2.32. The van der Waals surface area contributed by atoms with Crippen LogP contribution in [0.3, 0.4) is 0 Å². The lowest BCUT2D eigenvalue weighted by Gasteiger charge is -2.36. The first-order valence-electron chi connectivity index (χ1n) is 11.4. The van der Waals surface area contributed by atoms with Gasteiger partial charge in [-0.1, -0.05) is 13.8 Å². The van der Waals surface area contributed by atoms with Crippen LogP contribution in [0.4, 0.5) is 5.95 Å². The molecule has 29 heavy (non-hydrogen) atoms. The maximum Gasteiger partial charge on any atom is 0.225 e. The zero-order valence-corrected chi connectivity index (χ0v) is 18.6. The normalized spacial score (nSPS) is 24.0. The Morgan fingerprint density at radius 1 is 1.07 bits per heavy atom. The van der Waals surface area contributed by atoms with Gasteiger partial charge in [0.25, 0.3) is 0 Å². The number of aromatic nitrogens is 2. The highest BCUT2D eigenvalue weighted by Gasteiger charge is 2.22. The van der Waals surface area contributed by atoms with Crippen LogP contribution in [0.2, 0.25) is 0 Å². The van der Waals surface area contributed by atoms with E-state index in [1.54, 1.807) is 0 Å². The van der Waals surface area contributed by atoms with Crippen LogP contribution >= 0.6 is 0 Å². The average Bonchev–Trinajstić information content (AvgIpc) is 2.73. The molecule has 0 radical (unpaired) electrons. The Balaban J connectivity index is 1.40. The van der Waals surface area contributed by atoms with E-state index in [1.165, 1.54) is 32.5 Å². The van der Waals surface area contributed by atoms with Crippen LogP contribution < -0.4 is 10.2 Å². The minimum absolute atomic E-state index is 0.829. The standard InChI is InChI=1S/C22H39N7/c1-4-23-21(24-8-5-6-11-27-17-19(2)16-20(3)18-27)28-12-14-29(15-13-28)22-25-9-7-10-26-22/h7,9-10,19-20H,4-6,8,11-18H2,1-3H3,(H,23,24). The fourth-order valence-electron chi connectivity index (χ4n) is 4.61. The summed E-state index contributed by atoms with van der Waals surface area (Å²) < 4.78 is 0. The number of hydrogen-bond acceptors (Lipinski definition) is 5. The smallest absolute Gasteiger partial charge is 0.225 e. The van der Waals surface area contributed by atoms with Crippen molar-refractivity contribution in [2.75, 3.05) is 63.8 Å². The van der Waals surface area contributed by atoms with E-state index in [-0.39, 0.29) is 0 Å². The molecule has 162 valence electrons. The van der Waals surface area contributed by atoms with E-state index in [2.05, 4.69) is 50.8 Å². The monoisotopic (exact) mass is 401 g/mol. The number of guanidine groups is 1. The van der Waals surface area contributed by atoms with Crippen molar-refractivity contribution in [3.63, 3.8) is 0 Å². The molecule has 0 saturated carbocycles. The van der Waals surface area contributed by atoms with Gasteiger partial charge in [0.1, 0.15) is 0 Å². The third-order valence-electron chi connectivity index (χ3n) is 5.84. The largest absolute Gasteiger partial charge is 0.357 e. The lowest BCUT2D eigenvalue weighted by atomic mass is 9.92. The van der Waals surface area contributed by atoms with Crippen molar-refractivity contribution in [2.45, 2.75) is 40.0 Å². The molecule has 2 atom stereocenters. The second-order valence-electron chi connectivity index (χ2n) is 8.67. The zero-order chi connectivity index (χ0) is 20.5. The van der Waals surface area contributed by atoms with E-state index in [9.17, 15) is 0 Å². The van der Waals surface area contributed by atoms with Crippen LogP contribution in [0.1, 0.15) is 40.0 Å². The number of hydrogen-bond donors (Lipinski definition) is 1. The summed E-state index contributed by atoms with van der Waals surface area (Å²) in [6.07, 6.45) is 7.40. The number of anilines is 1. The Bertz CT molecular complexity index is 603. The van der Waals surface area contributed by atoms with Crippen LogP contribution in [0.25, 0.3) is 0 Å². The molecule has 0 spiro atoms. The van der Waals surface area contributed by atoms with Crippen molar-refractivity contribution in [1.82, 2.24) is 25.1 Å². The lowest BCUT2D eigenvalue weighted by Crippen LogP contribution is -2.53. The maximum absolute atomic E-state index is 4.91. The molecule has 2 fully saturated rings. The van der Waals surface area contributed by atoms with Crippen molar-refractivity contribution in [1.29, 1.82) is 0 Å². The number of piperazine rings is 1. The Kier molecular flexibility index (Phi) is 8.52. The quantitative estimate of drug-likeness (QED) is 0.430. The molecular formula is C22H39N7. The topological polar surface area (TPSA) is 59.9 Å². The summed E-state index contributed by atoms with van der Waals surface area (Å²) in [7, 11) is 0. The molecule has 3 rings (SSSR count). The summed E-state index contributed by atoms with van der Waals surface area (Å²) >= 11 is 0. The number of piperidine rings is 1. The molecule has 0 aromatic carbocycles. The Morgan fingerprint density at radius 3 is 2.41 bits per heavy atom. The molecule has 0 amide bonds. The van der Waals surface area contributed by atoms with Gasteiger partial charge in [-0.25, -0.2) is 9.97 Å². The number of aliphatic imine (C=N–C) groups is 1. The SMILES string of the molecule is CCNC(=NCCCCN1CC(C)CC(C)C1)N1CCN(c2ncccn2)CC1. The second-order valence-corrected chi connectivity index (χ2v) is 8.67. The first-order chi connectivity index (χ1) is 14.2. The van der Waals surface area contributed by atoms with Gasteiger partial charge in [0, 0.05) is 64.8 Å². The number of unbranched alkanes of at least 4 members (excludes halogenated alkanes) is 1. The Morgan fingerprint density at radius 2 is 1.76 bits per heavy atom. The molecular weight excluding hydrogens is 362 g/mol. The van der Waals surface area contributed by atoms with Gasteiger partial charge in [0.2, 0.25) is 5.95 Å². The van der Waals surface area contributed by atoms with Gasteiger partial charge in [-0.15, -0.1) is 0 Å². The Hall–Kier alpha value is -1.89. The maximum atomic E-state index is 4.91. The van der Waals surface area contributed by atoms with E-state index in [1.807, 2.05) is 18.5 Å². The van der Waals surface area contributed by atoms with Gasteiger partial charge < -0.3 is 20.0 Å². The molecule has 7 heteroatoms. The summed E-state index contributed by atoms with van der Waals surface area (Å²) in [4.78, 5) is 20.9. The molecule has 3 heterocycles. The zero-order valence-electron chi connectivity index (χ0n) is 18.6. The van der Waals surface area contributed by atoms with Gasteiger partial charge in [0.15, 0.2) is 5.96 Å². The van der Waals surface area contributed by atoms with Gasteiger partial charge in [-0.05, 0) is 50.6 Å². The van der Waals surface area contributed by atoms with E-state index >= 15 is 0 Å². The van der Waals surface area contributed by atoms with E-state index in [0.29, 0.717) is 0 Å². The highest BCUT2D eigenvalue weighted by molar-refractivity contribution is 5.80. The van der Waals surface area contributed by atoms with Crippen LogP contribution in [-0.2, 0) is 0 Å². The van der Waals surface area contributed by atoms with Crippen molar-refractivity contribution >= 4 is 11.9 Å². The molecule has 1 aromatic heterocycles. The van der Waals surface area contributed by atoms with Crippen molar-refractivity contribution in [3.05, 3.63) is 18.5 Å². The van der Waals surface area contributed by atoms with Crippen LogP contribution in [0.15, 0.2) is 23.5 Å². The molecule has 7 nitrogen and oxygen atoms in total. The van der Waals surface area contributed by atoms with E-state index in [0.717, 1.165) is 69.4 Å². The third-order valence-corrected chi connectivity index (χ3v) is 5.84. The summed E-state index contributed by atoms with van der Waals surface area (Å²) in [6.45, 7) is 16.3. The first-order valence-corrected chi connectivity index (χ1v) is 11.4. The van der Waals surface area contributed by atoms with Crippen molar-refractivity contribution < 1.29 is 0 Å². The van der Waals surface area contributed by atoms with Gasteiger partial charge in [-0.3, -0.25) is 4.99 Å². The minimum atomic E-state index is 0.829. The Labute approximate surface area is 176 Å². The molecule has 2 unspecified atom stereocenters. The van der Waals surface area contributed by atoms with Crippen LogP contribution in [-0.4, -0.2) is 84.6 Å². The number of rotatable bonds is 7. The van der Waals surface area contributed by atoms with Gasteiger partial charge in [0.05, 0.1) is 0 Å². The summed E-state index contributed by atoms with van der Waals surface area (Å²) in [5, 5.41) is 3.47. The predicted molar refractivity (Wildman–Crippen MR) is 120 cm³/mol. The van der Waals surface area contributed by atoms with Crippen molar-refractivity contribution in [3.8, 4) is 0 Å². The fourth-order valence-corrected chi connectivity index (χ4v) is 4.61. The minimum Gasteiger partial charge on any atom is -0.357 e. The first kappa shape index (κ1) is 21.8. The molecule has 1 N–H and O–H groups in total. The highest BCUT2D eigenvalue weighted by atomic mass is 15.4. The summed E-state index contributed by atoms with van der Waals surface area (Å²) in [6, 6.07) is 1.86. The summed E-state index contributed by atoms with van der Waals surface area (Å²) in [5.41, 5.74) is 0.